The van der Waals surface area contributed by atoms with Gasteiger partial charge in [0.05, 0.1) is 0 Å². The molecule has 1 heterocycles. The molecule has 2 aromatic carbocycles. The molecule has 1 aromatic heterocycles. The summed E-state index contributed by atoms with van der Waals surface area (Å²) in [5.41, 5.74) is 0. The van der Waals surface area contributed by atoms with Crippen molar-refractivity contribution in [2.45, 2.75) is 0 Å². The van der Waals surface area contributed by atoms with Gasteiger partial charge in [0.15, 0.2) is 0 Å². The highest BCUT2D eigenvalue weighted by atomic mass is 32.1. The van der Waals surface area contributed by atoms with Gasteiger partial charge in [-0.15, -0.1) is 11.3 Å². The van der Waals surface area contributed by atoms with Crippen LogP contribution in [0.4, 0.5) is 0 Å². The molecule has 0 radical (unpaired) electrons. The van der Waals surface area contributed by atoms with Crippen LogP contribution in [0.3, 0.4) is 0 Å². The SMILES string of the molecule is CNCCOc1ccc2sc3ccc(OCCNC)cc3c2c1. The maximum Gasteiger partial charge on any atom is 0.120 e. The van der Waals surface area contributed by atoms with Gasteiger partial charge in [-0.2, -0.15) is 0 Å². The summed E-state index contributed by atoms with van der Waals surface area (Å²) in [5.74, 6) is 1.82. The molecule has 4 nitrogen and oxygen atoms in total. The number of likely N-dealkylation sites (N-methyl/N-ethyl adjacent to an activating group) is 2. The Morgan fingerprint density at radius 2 is 1.26 bits per heavy atom. The van der Waals surface area contributed by atoms with E-state index in [0.717, 1.165) is 24.6 Å². The Morgan fingerprint density at radius 1 is 0.783 bits per heavy atom. The van der Waals surface area contributed by atoms with E-state index in [2.05, 4.69) is 34.9 Å². The van der Waals surface area contributed by atoms with Crippen molar-refractivity contribution in [2.24, 2.45) is 0 Å². The molecule has 3 rings (SSSR count). The Balaban J connectivity index is 1.89. The highest BCUT2D eigenvalue weighted by Crippen LogP contribution is 2.37. The molecule has 3 aromatic rings. The monoisotopic (exact) mass is 330 g/mol. The summed E-state index contributed by atoms with van der Waals surface area (Å²) in [7, 11) is 3.85. The second-order valence-electron chi connectivity index (χ2n) is 5.32. The fraction of sp³-hybridized carbons (Fsp3) is 0.333. The Labute approximate surface area is 140 Å². The Kier molecular flexibility index (Phi) is 5.33. The van der Waals surface area contributed by atoms with Crippen LogP contribution in [-0.4, -0.2) is 40.4 Å². The van der Waals surface area contributed by atoms with Gasteiger partial charge >= 0.3 is 0 Å². The number of ether oxygens (including phenoxy) is 2. The normalized spacial score (nSPS) is 11.2. The van der Waals surface area contributed by atoms with Gasteiger partial charge in [-0.1, -0.05) is 0 Å². The molecule has 0 aliphatic carbocycles. The summed E-state index contributed by atoms with van der Waals surface area (Å²) in [6.07, 6.45) is 0. The quantitative estimate of drug-likeness (QED) is 0.622. The topological polar surface area (TPSA) is 42.5 Å². The predicted molar refractivity (Wildman–Crippen MR) is 98.2 cm³/mol. The molecule has 0 saturated heterocycles. The van der Waals surface area contributed by atoms with E-state index in [1.165, 1.54) is 20.2 Å². The van der Waals surface area contributed by atoms with Gasteiger partial charge in [0, 0.05) is 33.3 Å². The third-order valence-corrected chi connectivity index (χ3v) is 4.81. The van der Waals surface area contributed by atoms with E-state index in [9.17, 15) is 0 Å². The Hall–Kier alpha value is -1.82. The summed E-state index contributed by atoms with van der Waals surface area (Å²) in [5, 5.41) is 8.63. The predicted octanol–water partition coefficient (Wildman–Crippen LogP) is 3.25. The number of fused-ring (bicyclic) bond motifs is 3. The molecule has 0 spiro atoms. The van der Waals surface area contributed by atoms with E-state index < -0.39 is 0 Å². The van der Waals surface area contributed by atoms with Crippen molar-refractivity contribution < 1.29 is 9.47 Å². The molecule has 5 heteroatoms. The molecule has 0 aliphatic rings. The van der Waals surface area contributed by atoms with E-state index in [-0.39, 0.29) is 0 Å². The van der Waals surface area contributed by atoms with Gasteiger partial charge in [0.1, 0.15) is 24.7 Å². The number of hydrogen-bond acceptors (Lipinski definition) is 5. The fourth-order valence-electron chi connectivity index (χ4n) is 2.46. The zero-order valence-electron chi connectivity index (χ0n) is 13.5. The van der Waals surface area contributed by atoms with Gasteiger partial charge < -0.3 is 20.1 Å². The van der Waals surface area contributed by atoms with E-state index in [1.54, 1.807) is 11.3 Å². The second kappa shape index (κ2) is 7.64. The molecular formula is C18H22N2O2S. The van der Waals surface area contributed by atoms with Crippen LogP contribution in [0.15, 0.2) is 36.4 Å². The maximum absolute atomic E-state index is 5.79. The van der Waals surface area contributed by atoms with Crippen LogP contribution in [0, 0.1) is 0 Å². The fourth-order valence-corrected chi connectivity index (χ4v) is 3.52. The number of rotatable bonds is 8. The molecule has 0 amide bonds. The largest absolute Gasteiger partial charge is 0.492 e. The minimum absolute atomic E-state index is 0.669. The van der Waals surface area contributed by atoms with Gasteiger partial charge in [0.25, 0.3) is 0 Å². The lowest BCUT2D eigenvalue weighted by Gasteiger charge is -2.06. The average Bonchev–Trinajstić information content (AvgIpc) is 2.93. The van der Waals surface area contributed by atoms with E-state index in [4.69, 9.17) is 9.47 Å². The zero-order chi connectivity index (χ0) is 16.1. The van der Waals surface area contributed by atoms with Crippen LogP contribution >= 0.6 is 11.3 Å². The highest BCUT2D eigenvalue weighted by molar-refractivity contribution is 7.25. The van der Waals surface area contributed by atoms with Crippen molar-refractivity contribution >= 4 is 31.5 Å². The van der Waals surface area contributed by atoms with Crippen LogP contribution in [-0.2, 0) is 0 Å². The van der Waals surface area contributed by atoms with E-state index >= 15 is 0 Å². The molecule has 0 atom stereocenters. The van der Waals surface area contributed by atoms with Crippen molar-refractivity contribution in [1.29, 1.82) is 0 Å². The number of thiophene rings is 1. The zero-order valence-corrected chi connectivity index (χ0v) is 14.3. The maximum atomic E-state index is 5.79. The Bertz CT molecular complexity index is 721. The molecule has 0 saturated carbocycles. The first kappa shape index (κ1) is 16.1. The summed E-state index contributed by atoms with van der Waals surface area (Å²) < 4.78 is 14.1. The van der Waals surface area contributed by atoms with Crippen molar-refractivity contribution in [3.05, 3.63) is 36.4 Å². The lowest BCUT2D eigenvalue weighted by molar-refractivity contribution is 0.318. The summed E-state index contributed by atoms with van der Waals surface area (Å²) in [6.45, 7) is 3.02. The smallest absolute Gasteiger partial charge is 0.120 e. The molecule has 0 unspecified atom stereocenters. The second-order valence-corrected chi connectivity index (χ2v) is 6.41. The number of benzene rings is 2. The lowest BCUT2D eigenvalue weighted by atomic mass is 10.1. The number of hydrogen-bond donors (Lipinski definition) is 2. The third kappa shape index (κ3) is 3.75. The highest BCUT2D eigenvalue weighted by Gasteiger charge is 2.08. The summed E-state index contributed by atoms with van der Waals surface area (Å²) in [6, 6.07) is 12.6. The van der Waals surface area contributed by atoms with Gasteiger partial charge in [0.2, 0.25) is 0 Å². The standard InChI is InChI=1S/C18H22N2O2S/c1-19-7-9-21-13-3-5-17-15(11-13)16-12-14(22-10-8-20-2)4-6-18(16)23-17/h3-6,11-12,19-20H,7-10H2,1-2H3. The van der Waals surface area contributed by atoms with Crippen molar-refractivity contribution in [2.75, 3.05) is 40.4 Å². The van der Waals surface area contributed by atoms with E-state index in [0.29, 0.717) is 13.2 Å². The molecule has 122 valence electrons. The minimum atomic E-state index is 0.669. The van der Waals surface area contributed by atoms with Crippen LogP contribution in [0.1, 0.15) is 0 Å². The van der Waals surface area contributed by atoms with Crippen LogP contribution in [0.5, 0.6) is 11.5 Å². The van der Waals surface area contributed by atoms with Crippen LogP contribution < -0.4 is 20.1 Å². The van der Waals surface area contributed by atoms with Crippen molar-refractivity contribution in [3.8, 4) is 11.5 Å². The molecule has 2 N–H and O–H groups in total. The first-order chi connectivity index (χ1) is 11.3. The molecule has 0 bridgehead atoms. The van der Waals surface area contributed by atoms with Gasteiger partial charge in [-0.05, 0) is 50.5 Å². The van der Waals surface area contributed by atoms with Crippen LogP contribution in [0.2, 0.25) is 0 Å². The van der Waals surface area contributed by atoms with Gasteiger partial charge in [-0.3, -0.25) is 0 Å². The molecule has 23 heavy (non-hydrogen) atoms. The van der Waals surface area contributed by atoms with Crippen molar-refractivity contribution in [1.82, 2.24) is 10.6 Å². The first-order valence-corrected chi connectivity index (χ1v) is 8.64. The average molecular weight is 330 g/mol. The Morgan fingerprint density at radius 3 is 1.70 bits per heavy atom. The molecular weight excluding hydrogens is 308 g/mol. The van der Waals surface area contributed by atoms with Crippen LogP contribution in [0.25, 0.3) is 20.2 Å². The molecule has 0 fully saturated rings. The first-order valence-electron chi connectivity index (χ1n) is 7.83. The minimum Gasteiger partial charge on any atom is -0.492 e. The van der Waals surface area contributed by atoms with Crippen molar-refractivity contribution in [3.63, 3.8) is 0 Å². The van der Waals surface area contributed by atoms with E-state index in [1.807, 2.05) is 26.2 Å². The molecule has 0 aliphatic heterocycles. The van der Waals surface area contributed by atoms with Gasteiger partial charge in [-0.25, -0.2) is 0 Å². The summed E-state index contributed by atoms with van der Waals surface area (Å²) >= 11 is 1.80. The number of nitrogens with one attached hydrogen (secondary N) is 2. The summed E-state index contributed by atoms with van der Waals surface area (Å²) in [4.78, 5) is 0. The lowest BCUT2D eigenvalue weighted by Crippen LogP contribution is -2.15. The third-order valence-electron chi connectivity index (χ3n) is 3.65.